The number of halogens is 1. The van der Waals surface area contributed by atoms with E-state index in [9.17, 15) is 14.0 Å². The molecular formula is C9H10FN3O2. The minimum Gasteiger partial charge on any atom is -0.350 e. The number of urea groups is 1. The molecule has 6 heteroatoms. The average molecular weight is 211 g/mol. The van der Waals surface area contributed by atoms with E-state index in [4.69, 9.17) is 5.73 Å². The molecule has 5 nitrogen and oxygen atoms in total. The van der Waals surface area contributed by atoms with Crippen LogP contribution in [0.5, 0.6) is 0 Å². The van der Waals surface area contributed by atoms with Crippen LogP contribution in [0.4, 0.5) is 9.18 Å². The summed E-state index contributed by atoms with van der Waals surface area (Å²) in [7, 11) is 0. The van der Waals surface area contributed by atoms with Gasteiger partial charge in [0.15, 0.2) is 0 Å². The number of carbonyl (C=O) groups excluding carboxylic acids is 2. The molecule has 0 unspecified atom stereocenters. The maximum absolute atomic E-state index is 12.5. The molecule has 0 atom stereocenters. The zero-order valence-electron chi connectivity index (χ0n) is 7.79. The maximum atomic E-state index is 12.5. The van der Waals surface area contributed by atoms with Crippen molar-refractivity contribution in [3.05, 3.63) is 35.6 Å². The smallest absolute Gasteiger partial charge is 0.330 e. The molecule has 1 aromatic rings. The zero-order chi connectivity index (χ0) is 11.3. The van der Waals surface area contributed by atoms with Crippen LogP contribution in [0.15, 0.2) is 24.3 Å². The number of hydrogen-bond donors (Lipinski definition) is 3. The van der Waals surface area contributed by atoms with Crippen LogP contribution in [0, 0.1) is 5.82 Å². The van der Waals surface area contributed by atoms with Crippen molar-refractivity contribution < 1.29 is 14.0 Å². The van der Waals surface area contributed by atoms with Gasteiger partial charge in [0.05, 0.1) is 6.42 Å². The quantitative estimate of drug-likeness (QED) is 0.605. The number of nitrogens with two attached hydrogens (primary N) is 1. The Kier molecular flexibility index (Phi) is 3.61. The molecule has 80 valence electrons. The second-order valence-corrected chi connectivity index (χ2v) is 2.84. The van der Waals surface area contributed by atoms with E-state index in [-0.39, 0.29) is 12.2 Å². The molecule has 0 spiro atoms. The molecule has 1 aromatic carbocycles. The first-order valence-electron chi connectivity index (χ1n) is 4.16. The van der Waals surface area contributed by atoms with Crippen LogP contribution < -0.4 is 16.6 Å². The molecule has 1 rings (SSSR count). The highest BCUT2D eigenvalue weighted by molar-refractivity contribution is 5.81. The number of rotatable bonds is 2. The highest BCUT2D eigenvalue weighted by Gasteiger charge is 2.03. The average Bonchev–Trinajstić information content (AvgIpc) is 2.19. The Morgan fingerprint density at radius 3 is 2.33 bits per heavy atom. The summed E-state index contributed by atoms with van der Waals surface area (Å²) in [6.07, 6.45) is 0.0422. The number of hydrazine groups is 1. The normalized spacial score (nSPS) is 9.40. The molecule has 0 aliphatic rings. The van der Waals surface area contributed by atoms with E-state index in [1.54, 1.807) is 0 Å². The van der Waals surface area contributed by atoms with Gasteiger partial charge in [0.1, 0.15) is 5.82 Å². The second-order valence-electron chi connectivity index (χ2n) is 2.84. The van der Waals surface area contributed by atoms with Gasteiger partial charge in [-0.1, -0.05) is 12.1 Å². The van der Waals surface area contributed by atoms with E-state index in [0.29, 0.717) is 5.56 Å². The summed E-state index contributed by atoms with van der Waals surface area (Å²) >= 11 is 0. The molecule has 3 amide bonds. The molecule has 0 bridgehead atoms. The number of carbonyl (C=O) groups is 2. The van der Waals surface area contributed by atoms with Crippen molar-refractivity contribution in [1.82, 2.24) is 10.9 Å². The van der Waals surface area contributed by atoms with Crippen molar-refractivity contribution in [1.29, 1.82) is 0 Å². The third-order valence-electron chi connectivity index (χ3n) is 1.60. The molecule has 0 aliphatic carbocycles. The minimum atomic E-state index is -0.845. The van der Waals surface area contributed by atoms with Gasteiger partial charge in [-0.05, 0) is 17.7 Å². The summed E-state index contributed by atoms with van der Waals surface area (Å²) in [5.74, 6) is -0.796. The lowest BCUT2D eigenvalue weighted by Crippen LogP contribution is -2.45. The molecule has 0 aromatic heterocycles. The van der Waals surface area contributed by atoms with Crippen LogP contribution in [-0.2, 0) is 11.2 Å². The van der Waals surface area contributed by atoms with Gasteiger partial charge >= 0.3 is 6.03 Å². The lowest BCUT2D eigenvalue weighted by molar-refractivity contribution is -0.121. The van der Waals surface area contributed by atoms with Crippen molar-refractivity contribution >= 4 is 11.9 Å². The van der Waals surface area contributed by atoms with E-state index < -0.39 is 11.9 Å². The maximum Gasteiger partial charge on any atom is 0.330 e. The van der Waals surface area contributed by atoms with Gasteiger partial charge < -0.3 is 5.73 Å². The first kappa shape index (κ1) is 11.0. The van der Waals surface area contributed by atoms with Crippen LogP contribution in [-0.4, -0.2) is 11.9 Å². The fraction of sp³-hybridized carbons (Fsp3) is 0.111. The van der Waals surface area contributed by atoms with Gasteiger partial charge in [0.25, 0.3) is 0 Å². The molecule has 4 N–H and O–H groups in total. The Morgan fingerprint density at radius 2 is 1.80 bits per heavy atom. The van der Waals surface area contributed by atoms with E-state index in [0.717, 1.165) is 0 Å². The van der Waals surface area contributed by atoms with Crippen LogP contribution in [0.1, 0.15) is 5.56 Å². The van der Waals surface area contributed by atoms with E-state index in [2.05, 4.69) is 5.43 Å². The van der Waals surface area contributed by atoms with Crippen LogP contribution in [0.3, 0.4) is 0 Å². The lowest BCUT2D eigenvalue weighted by Gasteiger charge is -2.04. The Balaban J connectivity index is 2.44. The zero-order valence-corrected chi connectivity index (χ0v) is 7.79. The Morgan fingerprint density at radius 1 is 1.20 bits per heavy atom. The Labute approximate surface area is 85.4 Å². The lowest BCUT2D eigenvalue weighted by atomic mass is 10.1. The fourth-order valence-corrected chi connectivity index (χ4v) is 0.963. The third kappa shape index (κ3) is 4.08. The number of amides is 3. The van der Waals surface area contributed by atoms with Gasteiger partial charge in [-0.25, -0.2) is 14.6 Å². The van der Waals surface area contributed by atoms with Gasteiger partial charge in [0.2, 0.25) is 5.91 Å². The summed E-state index contributed by atoms with van der Waals surface area (Å²) in [5, 5.41) is 0. The highest BCUT2D eigenvalue weighted by atomic mass is 19.1. The van der Waals surface area contributed by atoms with E-state index >= 15 is 0 Å². The number of hydrogen-bond acceptors (Lipinski definition) is 2. The number of benzene rings is 1. The third-order valence-corrected chi connectivity index (χ3v) is 1.60. The first-order valence-corrected chi connectivity index (χ1v) is 4.16. The topological polar surface area (TPSA) is 84.2 Å². The molecule has 15 heavy (non-hydrogen) atoms. The molecule has 0 saturated carbocycles. The molecule has 0 fully saturated rings. The van der Waals surface area contributed by atoms with E-state index in [1.807, 2.05) is 5.43 Å². The molecule has 0 saturated heterocycles. The van der Waals surface area contributed by atoms with Gasteiger partial charge in [0, 0.05) is 0 Å². The first-order chi connectivity index (χ1) is 7.08. The Bertz CT molecular complexity index is 364. The van der Waals surface area contributed by atoms with Crippen molar-refractivity contribution in [3.63, 3.8) is 0 Å². The summed E-state index contributed by atoms with van der Waals surface area (Å²) in [4.78, 5) is 21.4. The van der Waals surface area contributed by atoms with Crippen molar-refractivity contribution in [3.8, 4) is 0 Å². The molecular weight excluding hydrogens is 201 g/mol. The monoisotopic (exact) mass is 211 g/mol. The van der Waals surface area contributed by atoms with Crippen molar-refractivity contribution in [2.45, 2.75) is 6.42 Å². The van der Waals surface area contributed by atoms with Gasteiger partial charge in [-0.2, -0.15) is 0 Å². The van der Waals surface area contributed by atoms with Gasteiger partial charge in [-0.15, -0.1) is 0 Å². The minimum absolute atomic E-state index is 0.0422. The summed E-state index contributed by atoms with van der Waals surface area (Å²) in [5.41, 5.74) is 9.41. The van der Waals surface area contributed by atoms with Crippen molar-refractivity contribution in [2.75, 3.05) is 0 Å². The molecule has 0 aliphatic heterocycles. The second kappa shape index (κ2) is 4.94. The highest BCUT2D eigenvalue weighted by Crippen LogP contribution is 2.02. The summed E-state index contributed by atoms with van der Waals surface area (Å²) in [6, 6.07) is 4.63. The predicted molar refractivity (Wildman–Crippen MR) is 51.0 cm³/mol. The Hall–Kier alpha value is -2.11. The van der Waals surface area contributed by atoms with Crippen LogP contribution >= 0.6 is 0 Å². The molecule has 0 radical (unpaired) electrons. The van der Waals surface area contributed by atoms with E-state index in [1.165, 1.54) is 24.3 Å². The number of nitrogens with one attached hydrogen (secondary N) is 2. The standard InChI is InChI=1S/C9H10FN3O2/c10-7-3-1-6(2-4-7)5-8(14)12-13-9(11)15/h1-4H,5H2,(H,12,14)(H3,11,13,15). The van der Waals surface area contributed by atoms with Gasteiger partial charge in [-0.3, -0.25) is 10.2 Å². The van der Waals surface area contributed by atoms with Crippen LogP contribution in [0.2, 0.25) is 0 Å². The predicted octanol–water partition coefficient (Wildman–Crippen LogP) is 0.0677. The summed E-state index contributed by atoms with van der Waals surface area (Å²) < 4.78 is 12.5. The molecule has 0 heterocycles. The SMILES string of the molecule is NC(=O)NNC(=O)Cc1ccc(F)cc1. The van der Waals surface area contributed by atoms with Crippen molar-refractivity contribution in [2.24, 2.45) is 5.73 Å². The largest absolute Gasteiger partial charge is 0.350 e. The number of primary amides is 1. The fourth-order valence-electron chi connectivity index (χ4n) is 0.963. The summed E-state index contributed by atoms with van der Waals surface area (Å²) in [6.45, 7) is 0. The van der Waals surface area contributed by atoms with Crippen LogP contribution in [0.25, 0.3) is 0 Å².